The second-order valence-electron chi connectivity index (χ2n) is 8.89. The second-order valence-corrected chi connectivity index (χ2v) is 12.5. The molecular formula is C32H34O4P+. The van der Waals surface area contributed by atoms with Crippen molar-refractivity contribution in [2.24, 2.45) is 0 Å². The molecule has 0 fully saturated rings. The monoisotopic (exact) mass is 513 g/mol. The molecule has 4 aromatic carbocycles. The Morgan fingerprint density at radius 3 is 1.54 bits per heavy atom. The fraction of sp³-hybridized carbons (Fsp3) is 0.188. The van der Waals surface area contributed by atoms with Crippen molar-refractivity contribution in [3.63, 3.8) is 0 Å². The third-order valence-electron chi connectivity index (χ3n) is 6.80. The van der Waals surface area contributed by atoms with Gasteiger partial charge in [-0.15, -0.1) is 0 Å². The molecule has 0 saturated carbocycles. The molecule has 0 atom stereocenters. The predicted octanol–water partition coefficient (Wildman–Crippen LogP) is 6.21. The molecule has 4 aromatic rings. The minimum absolute atomic E-state index is 0.0287. The third kappa shape index (κ3) is 5.21. The van der Waals surface area contributed by atoms with E-state index >= 15 is 0 Å². The Morgan fingerprint density at radius 1 is 0.676 bits per heavy atom. The summed E-state index contributed by atoms with van der Waals surface area (Å²) in [6, 6.07) is 32.6. The molecule has 0 bridgehead atoms. The maximum atomic E-state index is 10.8. The van der Waals surface area contributed by atoms with Crippen molar-refractivity contribution in [1.82, 2.24) is 0 Å². The number of phenolic OH excluding ortho intramolecular Hbond substituents is 2. The van der Waals surface area contributed by atoms with Crippen LogP contribution in [0.5, 0.6) is 23.0 Å². The van der Waals surface area contributed by atoms with Crippen molar-refractivity contribution in [2.75, 3.05) is 20.4 Å². The summed E-state index contributed by atoms with van der Waals surface area (Å²) in [5.41, 5.74) is 1.08. The van der Waals surface area contributed by atoms with Crippen LogP contribution in [0.15, 0.2) is 97.1 Å². The number of aromatic hydroxyl groups is 2. The molecule has 0 radical (unpaired) electrons. The van der Waals surface area contributed by atoms with Gasteiger partial charge in [0.15, 0.2) is 11.5 Å². The van der Waals surface area contributed by atoms with Crippen LogP contribution < -0.4 is 25.4 Å². The van der Waals surface area contributed by atoms with E-state index in [2.05, 4.69) is 97.1 Å². The van der Waals surface area contributed by atoms with E-state index in [-0.39, 0.29) is 23.0 Å². The number of hydrogen-bond donors (Lipinski definition) is 2. The minimum Gasteiger partial charge on any atom is -0.504 e. The molecule has 4 rings (SSSR count). The lowest BCUT2D eigenvalue weighted by Crippen LogP contribution is -2.33. The molecule has 2 N–H and O–H groups in total. The van der Waals surface area contributed by atoms with Crippen LogP contribution in [0, 0.1) is 6.92 Å². The molecule has 0 aliphatic heterocycles. The van der Waals surface area contributed by atoms with E-state index < -0.39 is 7.26 Å². The molecule has 0 aromatic heterocycles. The van der Waals surface area contributed by atoms with Gasteiger partial charge in [-0.05, 0) is 56.2 Å². The normalized spacial score (nSPS) is 11.5. The lowest BCUT2D eigenvalue weighted by atomic mass is 10.0. The highest BCUT2D eigenvalue weighted by atomic mass is 31.2. The van der Waals surface area contributed by atoms with Gasteiger partial charge in [-0.1, -0.05) is 66.7 Å². The van der Waals surface area contributed by atoms with Crippen molar-refractivity contribution in [3.05, 3.63) is 108 Å². The van der Waals surface area contributed by atoms with Gasteiger partial charge in [0.2, 0.25) is 11.5 Å². The van der Waals surface area contributed by atoms with Crippen LogP contribution in [-0.4, -0.2) is 30.6 Å². The van der Waals surface area contributed by atoms with Gasteiger partial charge in [0, 0.05) is 11.1 Å². The fourth-order valence-electron chi connectivity index (χ4n) is 4.92. The molecule has 0 aliphatic rings. The number of unbranched alkanes of at least 4 members (excludes halogenated alkanes) is 1. The highest BCUT2D eigenvalue weighted by Crippen LogP contribution is 2.56. The van der Waals surface area contributed by atoms with E-state index in [1.165, 1.54) is 30.1 Å². The molecule has 5 heteroatoms. The highest BCUT2D eigenvalue weighted by molar-refractivity contribution is 7.95. The smallest absolute Gasteiger partial charge is 0.207 e. The first-order valence-corrected chi connectivity index (χ1v) is 14.4. The number of benzene rings is 4. The van der Waals surface area contributed by atoms with Crippen LogP contribution in [0.25, 0.3) is 6.08 Å². The Hall–Kier alpha value is -3.75. The first-order chi connectivity index (χ1) is 18.0. The molecule has 0 heterocycles. The molecule has 37 heavy (non-hydrogen) atoms. The number of methoxy groups -OCH3 is 2. The van der Waals surface area contributed by atoms with E-state index in [1.54, 1.807) is 6.92 Å². The Bertz CT molecular complexity index is 1240. The van der Waals surface area contributed by atoms with Gasteiger partial charge in [0.25, 0.3) is 0 Å². The first kappa shape index (κ1) is 26.3. The summed E-state index contributed by atoms with van der Waals surface area (Å²) in [5.74, 6) is 0.204. The van der Waals surface area contributed by atoms with E-state index in [1.807, 2.05) is 6.08 Å². The average Bonchev–Trinajstić information content (AvgIpc) is 2.95. The largest absolute Gasteiger partial charge is 0.504 e. The van der Waals surface area contributed by atoms with Gasteiger partial charge >= 0.3 is 0 Å². The quantitative estimate of drug-likeness (QED) is 0.150. The van der Waals surface area contributed by atoms with Gasteiger partial charge in [-0.25, -0.2) is 0 Å². The van der Waals surface area contributed by atoms with Crippen LogP contribution >= 0.6 is 7.26 Å². The van der Waals surface area contributed by atoms with E-state index in [9.17, 15) is 10.2 Å². The predicted molar refractivity (Wildman–Crippen MR) is 156 cm³/mol. The standard InChI is InChI=1S/C32H33O4P/c1-24-28(30(34)32(36-3)31(35-2)29(24)33)22-14-7-15-23-37(25-16-8-4-9-17-25,26-18-10-5-11-19-26)27-20-12-6-13-21-27/h4-6,8-14,16-22H,7,15,23H2,1-3H3,(H-,33,34)/p+1/b22-14+. The maximum absolute atomic E-state index is 10.8. The fourth-order valence-corrected chi connectivity index (χ4v) is 9.29. The minimum atomic E-state index is -1.88. The SMILES string of the molecule is COc1c(O)c(C)c(/C=C/CCC[P+](c2ccccc2)(c2ccccc2)c2ccccc2)c(O)c1OC. The summed E-state index contributed by atoms with van der Waals surface area (Å²) in [4.78, 5) is 0. The zero-order chi connectivity index (χ0) is 26.3. The average molecular weight is 514 g/mol. The van der Waals surface area contributed by atoms with Crippen LogP contribution in [0.1, 0.15) is 24.0 Å². The summed E-state index contributed by atoms with van der Waals surface area (Å²) in [5, 5.41) is 25.4. The number of ether oxygens (including phenoxy) is 2. The molecule has 190 valence electrons. The van der Waals surface area contributed by atoms with Crippen LogP contribution in [0.3, 0.4) is 0 Å². The van der Waals surface area contributed by atoms with E-state index in [0.29, 0.717) is 11.1 Å². The Morgan fingerprint density at radius 2 is 1.11 bits per heavy atom. The highest BCUT2D eigenvalue weighted by Gasteiger charge is 2.44. The van der Waals surface area contributed by atoms with Gasteiger partial charge in [0.05, 0.1) is 20.4 Å². The van der Waals surface area contributed by atoms with Crippen molar-refractivity contribution >= 4 is 29.3 Å². The van der Waals surface area contributed by atoms with Crippen molar-refractivity contribution < 1.29 is 19.7 Å². The topological polar surface area (TPSA) is 58.9 Å². The number of allylic oxidation sites excluding steroid dienone is 1. The first-order valence-electron chi connectivity index (χ1n) is 12.4. The molecule has 0 unspecified atom stereocenters. The number of phenols is 2. The van der Waals surface area contributed by atoms with Gasteiger partial charge < -0.3 is 19.7 Å². The van der Waals surface area contributed by atoms with E-state index in [4.69, 9.17) is 9.47 Å². The molecular weight excluding hydrogens is 479 g/mol. The summed E-state index contributed by atoms with van der Waals surface area (Å²) >= 11 is 0. The summed E-state index contributed by atoms with van der Waals surface area (Å²) in [6.45, 7) is 1.76. The second kappa shape index (κ2) is 12.0. The molecule has 4 nitrogen and oxygen atoms in total. The Labute approximate surface area is 220 Å². The van der Waals surface area contributed by atoms with Crippen LogP contribution in [0.2, 0.25) is 0 Å². The van der Waals surface area contributed by atoms with E-state index in [0.717, 1.165) is 19.0 Å². The van der Waals surface area contributed by atoms with Crippen LogP contribution in [0.4, 0.5) is 0 Å². The molecule has 0 aliphatic carbocycles. The van der Waals surface area contributed by atoms with Gasteiger partial charge in [-0.3, -0.25) is 0 Å². The van der Waals surface area contributed by atoms with Gasteiger partial charge in [-0.2, -0.15) is 0 Å². The zero-order valence-electron chi connectivity index (χ0n) is 21.6. The molecule has 0 spiro atoms. The van der Waals surface area contributed by atoms with Crippen LogP contribution in [-0.2, 0) is 0 Å². The van der Waals surface area contributed by atoms with Crippen molar-refractivity contribution in [1.29, 1.82) is 0 Å². The number of rotatable bonds is 10. The zero-order valence-corrected chi connectivity index (χ0v) is 22.5. The summed E-state index contributed by atoms with van der Waals surface area (Å²) < 4.78 is 10.5. The lowest BCUT2D eigenvalue weighted by molar-refractivity contribution is 0.315. The molecule has 0 saturated heterocycles. The van der Waals surface area contributed by atoms with Crippen molar-refractivity contribution in [2.45, 2.75) is 19.8 Å². The van der Waals surface area contributed by atoms with Gasteiger partial charge in [0.1, 0.15) is 23.2 Å². The molecule has 0 amide bonds. The third-order valence-corrected chi connectivity index (χ3v) is 11.3. The maximum Gasteiger partial charge on any atom is 0.207 e. The summed E-state index contributed by atoms with van der Waals surface area (Å²) in [6.07, 6.45) is 6.71. The number of hydrogen-bond acceptors (Lipinski definition) is 4. The Kier molecular flexibility index (Phi) is 8.53. The lowest BCUT2D eigenvalue weighted by Gasteiger charge is -2.27. The summed E-state index contributed by atoms with van der Waals surface area (Å²) in [7, 11) is 1.01. The Balaban J connectivity index is 1.66. The van der Waals surface area contributed by atoms with Crippen molar-refractivity contribution in [3.8, 4) is 23.0 Å².